The summed E-state index contributed by atoms with van der Waals surface area (Å²) in [5, 5.41) is 0. The second kappa shape index (κ2) is 6.15. The minimum absolute atomic E-state index is 0.128. The lowest BCUT2D eigenvalue weighted by molar-refractivity contribution is 0.175. The van der Waals surface area contributed by atoms with E-state index in [1.165, 1.54) is 63.1 Å². The molecule has 2 unspecified atom stereocenters. The van der Waals surface area contributed by atoms with Crippen molar-refractivity contribution in [3.63, 3.8) is 0 Å². The van der Waals surface area contributed by atoms with E-state index in [4.69, 9.17) is 5.73 Å². The van der Waals surface area contributed by atoms with Crippen LogP contribution in [-0.4, -0.2) is 37.1 Å². The lowest BCUT2D eigenvalue weighted by atomic mass is 10.1. The Morgan fingerprint density at radius 3 is 2.40 bits per heavy atom. The van der Waals surface area contributed by atoms with Crippen molar-refractivity contribution in [3.05, 3.63) is 29.8 Å². The number of piperidine rings is 1. The molecule has 3 heteroatoms. The SMILES string of the molecule is CC(N)c1ccc(N2CCC(N3CCCCC3)C2)cc1. The molecule has 2 N–H and O–H groups in total. The smallest absolute Gasteiger partial charge is 0.0366 e. The van der Waals surface area contributed by atoms with Crippen molar-refractivity contribution in [1.29, 1.82) is 0 Å². The predicted molar refractivity (Wildman–Crippen MR) is 85.1 cm³/mol. The molecule has 3 nitrogen and oxygen atoms in total. The summed E-state index contributed by atoms with van der Waals surface area (Å²) in [6.45, 7) is 7.04. The monoisotopic (exact) mass is 273 g/mol. The van der Waals surface area contributed by atoms with E-state index in [-0.39, 0.29) is 6.04 Å². The van der Waals surface area contributed by atoms with Gasteiger partial charge in [0.1, 0.15) is 0 Å². The predicted octanol–water partition coefficient (Wildman–Crippen LogP) is 2.77. The Bertz CT molecular complexity index is 420. The fourth-order valence-electron chi connectivity index (χ4n) is 3.55. The van der Waals surface area contributed by atoms with Gasteiger partial charge in [-0.25, -0.2) is 0 Å². The summed E-state index contributed by atoms with van der Waals surface area (Å²) in [6, 6.07) is 9.71. The van der Waals surface area contributed by atoms with Gasteiger partial charge >= 0.3 is 0 Å². The number of hydrogen-bond acceptors (Lipinski definition) is 3. The molecular weight excluding hydrogens is 246 g/mol. The minimum atomic E-state index is 0.128. The molecular formula is C17H27N3. The second-order valence-corrected chi connectivity index (χ2v) is 6.37. The molecule has 0 aliphatic carbocycles. The van der Waals surface area contributed by atoms with E-state index in [2.05, 4.69) is 34.1 Å². The number of benzene rings is 1. The maximum Gasteiger partial charge on any atom is 0.0366 e. The van der Waals surface area contributed by atoms with Crippen molar-refractivity contribution in [2.45, 2.75) is 44.7 Å². The van der Waals surface area contributed by atoms with Gasteiger partial charge < -0.3 is 10.6 Å². The molecule has 1 aromatic carbocycles. The highest BCUT2D eigenvalue weighted by Gasteiger charge is 2.28. The highest BCUT2D eigenvalue weighted by atomic mass is 15.3. The van der Waals surface area contributed by atoms with Crippen LogP contribution in [0.15, 0.2) is 24.3 Å². The van der Waals surface area contributed by atoms with Crippen LogP contribution in [0.5, 0.6) is 0 Å². The largest absolute Gasteiger partial charge is 0.370 e. The van der Waals surface area contributed by atoms with Gasteiger partial charge in [-0.05, 0) is 57.0 Å². The first kappa shape index (κ1) is 13.9. The maximum absolute atomic E-state index is 5.92. The summed E-state index contributed by atoms with van der Waals surface area (Å²) in [5.41, 5.74) is 8.49. The fourth-order valence-corrected chi connectivity index (χ4v) is 3.55. The highest BCUT2D eigenvalue weighted by Crippen LogP contribution is 2.26. The van der Waals surface area contributed by atoms with Gasteiger partial charge in [-0.2, -0.15) is 0 Å². The number of nitrogens with zero attached hydrogens (tertiary/aromatic N) is 2. The second-order valence-electron chi connectivity index (χ2n) is 6.37. The summed E-state index contributed by atoms with van der Waals surface area (Å²) in [6.07, 6.45) is 5.51. The normalized spacial score (nSPS) is 25.9. The van der Waals surface area contributed by atoms with Crippen LogP contribution in [0.3, 0.4) is 0 Å². The van der Waals surface area contributed by atoms with E-state index < -0.39 is 0 Å². The fraction of sp³-hybridized carbons (Fsp3) is 0.647. The van der Waals surface area contributed by atoms with Crippen LogP contribution < -0.4 is 10.6 Å². The zero-order valence-corrected chi connectivity index (χ0v) is 12.6. The van der Waals surface area contributed by atoms with Crippen LogP contribution in [0.1, 0.15) is 44.2 Å². The number of likely N-dealkylation sites (tertiary alicyclic amines) is 1. The zero-order valence-electron chi connectivity index (χ0n) is 12.6. The third kappa shape index (κ3) is 2.99. The van der Waals surface area contributed by atoms with Crippen LogP contribution in [0.25, 0.3) is 0 Å². The van der Waals surface area contributed by atoms with Crippen LogP contribution >= 0.6 is 0 Å². The molecule has 2 heterocycles. The van der Waals surface area contributed by atoms with Crippen molar-refractivity contribution in [2.75, 3.05) is 31.1 Å². The molecule has 2 aliphatic rings. The third-order valence-corrected chi connectivity index (χ3v) is 4.85. The van der Waals surface area contributed by atoms with E-state index in [1.807, 2.05) is 6.92 Å². The van der Waals surface area contributed by atoms with Gasteiger partial charge in [-0.3, -0.25) is 4.90 Å². The van der Waals surface area contributed by atoms with Gasteiger partial charge in [-0.15, -0.1) is 0 Å². The highest BCUT2D eigenvalue weighted by molar-refractivity contribution is 5.49. The molecule has 2 saturated heterocycles. The maximum atomic E-state index is 5.92. The Labute approximate surface area is 122 Å². The third-order valence-electron chi connectivity index (χ3n) is 4.85. The number of hydrogen-bond donors (Lipinski definition) is 1. The summed E-state index contributed by atoms with van der Waals surface area (Å²) in [5.74, 6) is 0. The summed E-state index contributed by atoms with van der Waals surface area (Å²) < 4.78 is 0. The number of nitrogens with two attached hydrogens (primary N) is 1. The van der Waals surface area contributed by atoms with Crippen molar-refractivity contribution < 1.29 is 0 Å². The first-order valence-electron chi connectivity index (χ1n) is 8.08. The molecule has 2 aliphatic heterocycles. The Kier molecular flexibility index (Phi) is 4.27. The summed E-state index contributed by atoms with van der Waals surface area (Å²) >= 11 is 0. The van der Waals surface area contributed by atoms with Gasteiger partial charge in [0.2, 0.25) is 0 Å². The van der Waals surface area contributed by atoms with Gasteiger partial charge in [0.15, 0.2) is 0 Å². The molecule has 0 amide bonds. The minimum Gasteiger partial charge on any atom is -0.370 e. The lowest BCUT2D eigenvalue weighted by Gasteiger charge is -2.32. The van der Waals surface area contributed by atoms with Crippen LogP contribution in [0.2, 0.25) is 0 Å². The van der Waals surface area contributed by atoms with Gasteiger partial charge in [0.25, 0.3) is 0 Å². The van der Waals surface area contributed by atoms with E-state index in [0.717, 1.165) is 6.04 Å². The molecule has 0 bridgehead atoms. The molecule has 0 radical (unpaired) electrons. The Hall–Kier alpha value is -1.06. The molecule has 110 valence electrons. The Morgan fingerprint density at radius 1 is 1.05 bits per heavy atom. The first-order valence-corrected chi connectivity index (χ1v) is 8.08. The van der Waals surface area contributed by atoms with Crippen LogP contribution in [0.4, 0.5) is 5.69 Å². The molecule has 1 aromatic rings. The van der Waals surface area contributed by atoms with Crippen molar-refractivity contribution in [2.24, 2.45) is 5.73 Å². The van der Waals surface area contributed by atoms with E-state index in [9.17, 15) is 0 Å². The van der Waals surface area contributed by atoms with Crippen molar-refractivity contribution in [3.8, 4) is 0 Å². The number of anilines is 1. The van der Waals surface area contributed by atoms with Crippen LogP contribution in [-0.2, 0) is 0 Å². The topological polar surface area (TPSA) is 32.5 Å². The molecule has 3 rings (SSSR count). The average molecular weight is 273 g/mol. The standard InChI is InChI=1S/C17H27N3/c1-14(18)15-5-7-16(8-6-15)20-12-9-17(13-20)19-10-3-2-4-11-19/h5-8,14,17H,2-4,9-13,18H2,1H3. The van der Waals surface area contributed by atoms with Gasteiger partial charge in [0, 0.05) is 30.9 Å². The molecule has 2 fully saturated rings. The summed E-state index contributed by atoms with van der Waals surface area (Å²) in [7, 11) is 0. The van der Waals surface area contributed by atoms with Crippen molar-refractivity contribution in [1.82, 2.24) is 4.90 Å². The zero-order chi connectivity index (χ0) is 13.9. The first-order chi connectivity index (χ1) is 9.74. The van der Waals surface area contributed by atoms with E-state index >= 15 is 0 Å². The molecule has 0 saturated carbocycles. The van der Waals surface area contributed by atoms with Crippen molar-refractivity contribution >= 4 is 5.69 Å². The summed E-state index contributed by atoms with van der Waals surface area (Å²) in [4.78, 5) is 5.24. The van der Waals surface area contributed by atoms with E-state index in [1.54, 1.807) is 0 Å². The molecule has 0 spiro atoms. The Balaban J connectivity index is 1.61. The van der Waals surface area contributed by atoms with Crippen LogP contribution in [0, 0.1) is 0 Å². The average Bonchev–Trinajstić information content (AvgIpc) is 2.98. The Morgan fingerprint density at radius 2 is 1.75 bits per heavy atom. The molecule has 0 aromatic heterocycles. The quantitative estimate of drug-likeness (QED) is 0.919. The number of rotatable bonds is 3. The molecule has 2 atom stereocenters. The van der Waals surface area contributed by atoms with Gasteiger partial charge in [0.05, 0.1) is 0 Å². The molecule has 20 heavy (non-hydrogen) atoms. The lowest BCUT2D eigenvalue weighted by Crippen LogP contribution is -2.40. The van der Waals surface area contributed by atoms with Gasteiger partial charge in [-0.1, -0.05) is 18.6 Å². The van der Waals surface area contributed by atoms with E-state index in [0.29, 0.717) is 0 Å².